The summed E-state index contributed by atoms with van der Waals surface area (Å²) < 4.78 is 24.8. The van der Waals surface area contributed by atoms with E-state index < -0.39 is 12.1 Å². The Kier molecular flexibility index (Phi) is 4.29. The predicted octanol–water partition coefficient (Wildman–Crippen LogP) is 3.16. The first-order valence-corrected chi connectivity index (χ1v) is 6.17. The van der Waals surface area contributed by atoms with E-state index in [1.54, 1.807) is 12.1 Å². The minimum absolute atomic E-state index is 0.302. The standard InChI is InChI=1S/C14H16FNO2/c1-2-3-11-8-17-14(18-9-11)12-5-4-10(7-16)6-13(12)15/h4-6,11,14H,2-3,8-9H2,1H3. The van der Waals surface area contributed by atoms with Crippen molar-refractivity contribution in [2.24, 2.45) is 5.92 Å². The molecule has 96 valence electrons. The Balaban J connectivity index is 2.04. The molecule has 1 fully saturated rings. The Labute approximate surface area is 106 Å². The molecule has 2 rings (SSSR count). The average Bonchev–Trinajstić information content (AvgIpc) is 2.40. The molecule has 0 atom stereocenters. The van der Waals surface area contributed by atoms with Crippen LogP contribution in [-0.2, 0) is 9.47 Å². The largest absolute Gasteiger partial charge is 0.348 e. The van der Waals surface area contributed by atoms with Crippen LogP contribution in [-0.4, -0.2) is 13.2 Å². The van der Waals surface area contributed by atoms with Crippen LogP contribution in [0.3, 0.4) is 0 Å². The summed E-state index contributed by atoms with van der Waals surface area (Å²) in [5.74, 6) is -0.0549. The number of hydrogen-bond acceptors (Lipinski definition) is 3. The Morgan fingerprint density at radius 1 is 1.39 bits per heavy atom. The van der Waals surface area contributed by atoms with Crippen molar-refractivity contribution in [3.05, 3.63) is 35.1 Å². The van der Waals surface area contributed by atoms with Gasteiger partial charge in [-0.3, -0.25) is 0 Å². The quantitative estimate of drug-likeness (QED) is 0.826. The van der Waals surface area contributed by atoms with Crippen LogP contribution >= 0.6 is 0 Å². The SMILES string of the molecule is CCCC1COC(c2ccc(C#N)cc2F)OC1. The van der Waals surface area contributed by atoms with E-state index in [0.717, 1.165) is 12.8 Å². The maximum atomic E-state index is 13.8. The van der Waals surface area contributed by atoms with Crippen LogP contribution in [0.1, 0.15) is 37.2 Å². The van der Waals surface area contributed by atoms with Crippen molar-refractivity contribution in [1.29, 1.82) is 5.26 Å². The molecule has 1 aromatic carbocycles. The summed E-state index contributed by atoms with van der Waals surface area (Å²) in [6, 6.07) is 6.24. The summed E-state index contributed by atoms with van der Waals surface area (Å²) in [4.78, 5) is 0. The number of nitriles is 1. The van der Waals surface area contributed by atoms with Gasteiger partial charge in [-0.2, -0.15) is 5.26 Å². The fourth-order valence-electron chi connectivity index (χ4n) is 2.09. The molecule has 4 heteroatoms. The van der Waals surface area contributed by atoms with Gasteiger partial charge in [0.2, 0.25) is 0 Å². The number of benzene rings is 1. The highest BCUT2D eigenvalue weighted by Gasteiger charge is 2.25. The van der Waals surface area contributed by atoms with E-state index in [4.69, 9.17) is 14.7 Å². The molecule has 1 heterocycles. The van der Waals surface area contributed by atoms with Gasteiger partial charge in [-0.25, -0.2) is 4.39 Å². The number of hydrogen-bond donors (Lipinski definition) is 0. The van der Waals surface area contributed by atoms with Crippen LogP contribution < -0.4 is 0 Å². The van der Waals surface area contributed by atoms with Gasteiger partial charge in [-0.05, 0) is 24.6 Å². The fourth-order valence-corrected chi connectivity index (χ4v) is 2.09. The van der Waals surface area contributed by atoms with E-state index in [1.165, 1.54) is 6.07 Å². The van der Waals surface area contributed by atoms with Gasteiger partial charge >= 0.3 is 0 Å². The summed E-state index contributed by atoms with van der Waals surface area (Å²) in [5.41, 5.74) is 0.667. The lowest BCUT2D eigenvalue weighted by Crippen LogP contribution is -2.27. The van der Waals surface area contributed by atoms with Gasteiger partial charge in [-0.1, -0.05) is 13.3 Å². The molecule has 0 aromatic heterocycles. The molecule has 0 radical (unpaired) electrons. The second-order valence-electron chi connectivity index (χ2n) is 4.50. The van der Waals surface area contributed by atoms with E-state index >= 15 is 0 Å². The first-order valence-electron chi connectivity index (χ1n) is 6.17. The second-order valence-corrected chi connectivity index (χ2v) is 4.50. The normalized spacial score (nSPS) is 23.6. The lowest BCUT2D eigenvalue weighted by Gasteiger charge is -2.29. The molecule has 18 heavy (non-hydrogen) atoms. The number of nitrogens with zero attached hydrogens (tertiary/aromatic N) is 1. The average molecular weight is 249 g/mol. The molecule has 0 N–H and O–H groups in total. The number of halogens is 1. The van der Waals surface area contributed by atoms with Gasteiger partial charge in [-0.15, -0.1) is 0 Å². The highest BCUT2D eigenvalue weighted by atomic mass is 19.1. The van der Waals surface area contributed by atoms with Gasteiger partial charge in [0.15, 0.2) is 6.29 Å². The van der Waals surface area contributed by atoms with Crippen molar-refractivity contribution in [1.82, 2.24) is 0 Å². The van der Waals surface area contributed by atoms with Gasteiger partial charge in [0, 0.05) is 11.5 Å². The zero-order chi connectivity index (χ0) is 13.0. The summed E-state index contributed by atoms with van der Waals surface area (Å²) in [5, 5.41) is 8.68. The van der Waals surface area contributed by atoms with Crippen molar-refractivity contribution >= 4 is 0 Å². The summed E-state index contributed by atoms with van der Waals surface area (Å²) in [6.45, 7) is 3.31. The number of ether oxygens (including phenoxy) is 2. The molecule has 0 amide bonds. The number of rotatable bonds is 3. The van der Waals surface area contributed by atoms with Gasteiger partial charge in [0.05, 0.1) is 24.8 Å². The van der Waals surface area contributed by atoms with E-state index in [1.807, 2.05) is 6.07 Å². The van der Waals surface area contributed by atoms with Crippen molar-refractivity contribution in [3.8, 4) is 6.07 Å². The minimum Gasteiger partial charge on any atom is -0.348 e. The molecular formula is C14H16FNO2. The third-order valence-electron chi connectivity index (χ3n) is 3.05. The molecule has 1 aromatic rings. The third-order valence-corrected chi connectivity index (χ3v) is 3.05. The van der Waals surface area contributed by atoms with E-state index in [9.17, 15) is 4.39 Å². The molecule has 0 unspecified atom stereocenters. The van der Waals surface area contributed by atoms with Gasteiger partial charge in [0.1, 0.15) is 5.82 Å². The zero-order valence-corrected chi connectivity index (χ0v) is 10.4. The van der Waals surface area contributed by atoms with Crippen LogP contribution in [0.4, 0.5) is 4.39 Å². The van der Waals surface area contributed by atoms with Crippen LogP contribution in [0.2, 0.25) is 0 Å². The first-order chi connectivity index (χ1) is 8.74. The summed E-state index contributed by atoms with van der Waals surface area (Å²) in [6.07, 6.45) is 1.50. The maximum absolute atomic E-state index is 13.8. The Morgan fingerprint density at radius 2 is 2.11 bits per heavy atom. The summed E-state index contributed by atoms with van der Waals surface area (Å²) >= 11 is 0. The monoisotopic (exact) mass is 249 g/mol. The topological polar surface area (TPSA) is 42.2 Å². The Hall–Kier alpha value is -1.44. The van der Waals surface area contributed by atoms with Gasteiger partial charge < -0.3 is 9.47 Å². The highest BCUT2D eigenvalue weighted by Crippen LogP contribution is 2.28. The Bertz CT molecular complexity index is 448. The van der Waals surface area contributed by atoms with Crippen LogP contribution in [0.15, 0.2) is 18.2 Å². The van der Waals surface area contributed by atoms with Crippen LogP contribution in [0.25, 0.3) is 0 Å². The van der Waals surface area contributed by atoms with Crippen LogP contribution in [0, 0.1) is 23.1 Å². The van der Waals surface area contributed by atoms with Crippen molar-refractivity contribution in [2.45, 2.75) is 26.1 Å². The summed E-state index contributed by atoms with van der Waals surface area (Å²) in [7, 11) is 0. The molecule has 0 saturated carbocycles. The highest BCUT2D eigenvalue weighted by molar-refractivity contribution is 5.33. The molecule has 0 spiro atoms. The van der Waals surface area contributed by atoms with Crippen molar-refractivity contribution in [3.63, 3.8) is 0 Å². The third kappa shape index (κ3) is 2.87. The van der Waals surface area contributed by atoms with E-state index in [-0.39, 0.29) is 0 Å². The molecule has 1 aliphatic rings. The minimum atomic E-state index is -0.647. The first kappa shape index (κ1) is 13.0. The van der Waals surface area contributed by atoms with Gasteiger partial charge in [0.25, 0.3) is 0 Å². The molecule has 1 aliphatic heterocycles. The van der Waals surface area contributed by atoms with E-state index in [0.29, 0.717) is 30.3 Å². The lowest BCUT2D eigenvalue weighted by atomic mass is 10.0. The molecule has 0 aliphatic carbocycles. The molecule has 1 saturated heterocycles. The molecule has 3 nitrogen and oxygen atoms in total. The fraction of sp³-hybridized carbons (Fsp3) is 0.500. The second kappa shape index (κ2) is 5.94. The zero-order valence-electron chi connectivity index (χ0n) is 10.4. The lowest BCUT2D eigenvalue weighted by molar-refractivity contribution is -0.207. The maximum Gasteiger partial charge on any atom is 0.186 e. The van der Waals surface area contributed by atoms with Crippen molar-refractivity contribution in [2.75, 3.05) is 13.2 Å². The van der Waals surface area contributed by atoms with E-state index in [2.05, 4.69) is 6.92 Å². The smallest absolute Gasteiger partial charge is 0.186 e. The molecular weight excluding hydrogens is 233 g/mol. The predicted molar refractivity (Wildman–Crippen MR) is 64.2 cm³/mol. The van der Waals surface area contributed by atoms with Crippen molar-refractivity contribution < 1.29 is 13.9 Å². The Morgan fingerprint density at radius 3 is 2.67 bits per heavy atom. The molecule has 0 bridgehead atoms. The van der Waals surface area contributed by atoms with Crippen LogP contribution in [0.5, 0.6) is 0 Å².